The summed E-state index contributed by atoms with van der Waals surface area (Å²) in [6.07, 6.45) is 1.37. The van der Waals surface area contributed by atoms with Gasteiger partial charge in [0.05, 0.1) is 12.6 Å². The van der Waals surface area contributed by atoms with Crippen molar-refractivity contribution >= 4 is 24.2 Å². The molecule has 2 unspecified atom stereocenters. The highest BCUT2D eigenvalue weighted by Gasteiger charge is 2.44. The predicted molar refractivity (Wildman–Crippen MR) is 85.8 cm³/mol. The summed E-state index contributed by atoms with van der Waals surface area (Å²) in [7, 11) is 0. The van der Waals surface area contributed by atoms with Crippen molar-refractivity contribution in [1.82, 2.24) is 15.5 Å². The van der Waals surface area contributed by atoms with E-state index in [2.05, 4.69) is 10.6 Å². The van der Waals surface area contributed by atoms with Gasteiger partial charge >= 0.3 is 0 Å². The Morgan fingerprint density at radius 3 is 2.65 bits per heavy atom. The molecule has 0 bridgehead atoms. The molecule has 2 heterocycles. The quantitative estimate of drug-likeness (QED) is 0.803. The van der Waals surface area contributed by atoms with Gasteiger partial charge in [-0.15, -0.1) is 12.4 Å². The molecule has 134 valence electrons. The summed E-state index contributed by atoms with van der Waals surface area (Å²) in [6.45, 7) is 4.91. The molecule has 0 radical (unpaired) electrons. The second-order valence-corrected chi connectivity index (χ2v) is 6.69. The summed E-state index contributed by atoms with van der Waals surface area (Å²) in [6, 6.07) is -0.779. The van der Waals surface area contributed by atoms with Crippen LogP contribution in [0.1, 0.15) is 33.1 Å². The van der Waals surface area contributed by atoms with Crippen LogP contribution in [-0.4, -0.2) is 54.9 Å². The molecule has 23 heavy (non-hydrogen) atoms. The van der Waals surface area contributed by atoms with Gasteiger partial charge in [-0.3, -0.25) is 14.9 Å². The van der Waals surface area contributed by atoms with E-state index in [1.54, 1.807) is 4.90 Å². The third kappa shape index (κ3) is 5.57. The summed E-state index contributed by atoms with van der Waals surface area (Å²) in [5.74, 6) is -2.90. The van der Waals surface area contributed by atoms with Gasteiger partial charge in [0.15, 0.2) is 0 Å². The number of carbonyl (C=O) groups excluding carboxylic acids is 2. The first kappa shape index (κ1) is 20.1. The van der Waals surface area contributed by atoms with E-state index in [4.69, 9.17) is 0 Å². The summed E-state index contributed by atoms with van der Waals surface area (Å²) >= 11 is 0. The minimum absolute atomic E-state index is 0. The molecule has 2 aliphatic rings. The monoisotopic (exact) mass is 353 g/mol. The zero-order valence-corrected chi connectivity index (χ0v) is 14.4. The van der Waals surface area contributed by atoms with Gasteiger partial charge in [0, 0.05) is 32.0 Å². The molecule has 2 N–H and O–H groups in total. The van der Waals surface area contributed by atoms with Gasteiger partial charge < -0.3 is 10.2 Å². The zero-order valence-electron chi connectivity index (χ0n) is 13.6. The van der Waals surface area contributed by atoms with Crippen LogP contribution in [0, 0.1) is 11.8 Å². The van der Waals surface area contributed by atoms with Gasteiger partial charge in [0.2, 0.25) is 11.8 Å². The number of halogens is 3. The standard InChI is InChI=1S/C15H25F2N3O2.ClH/c1-10(2)13(21)18-7-11-4-3-5-20(8-11)14(22)12-6-15(16,17)9-19-12;/h10-12,19H,3-9H2,1-2H3,(H,18,21);1H. The Morgan fingerprint density at radius 2 is 2.09 bits per heavy atom. The van der Waals surface area contributed by atoms with Crippen LogP contribution in [-0.2, 0) is 9.59 Å². The Kier molecular flexibility index (Phi) is 7.20. The molecule has 5 nitrogen and oxygen atoms in total. The Hall–Kier alpha value is -0.950. The van der Waals surface area contributed by atoms with E-state index in [1.165, 1.54) is 0 Å². The molecule has 2 atom stereocenters. The Morgan fingerprint density at radius 1 is 1.39 bits per heavy atom. The smallest absolute Gasteiger partial charge is 0.262 e. The van der Waals surface area contributed by atoms with Crippen molar-refractivity contribution in [2.24, 2.45) is 11.8 Å². The van der Waals surface area contributed by atoms with E-state index >= 15 is 0 Å². The van der Waals surface area contributed by atoms with Crippen LogP contribution < -0.4 is 10.6 Å². The average molecular weight is 354 g/mol. The molecule has 2 fully saturated rings. The number of hydrogen-bond acceptors (Lipinski definition) is 3. The summed E-state index contributed by atoms with van der Waals surface area (Å²) in [4.78, 5) is 25.6. The first-order chi connectivity index (χ1) is 10.3. The van der Waals surface area contributed by atoms with Crippen LogP contribution >= 0.6 is 12.4 Å². The van der Waals surface area contributed by atoms with Crippen LogP contribution in [0.5, 0.6) is 0 Å². The van der Waals surface area contributed by atoms with Crippen molar-refractivity contribution < 1.29 is 18.4 Å². The maximum absolute atomic E-state index is 13.2. The van der Waals surface area contributed by atoms with Crippen LogP contribution in [0.15, 0.2) is 0 Å². The number of carbonyl (C=O) groups is 2. The lowest BCUT2D eigenvalue weighted by atomic mass is 9.97. The van der Waals surface area contributed by atoms with Crippen LogP contribution in [0.2, 0.25) is 0 Å². The maximum Gasteiger partial charge on any atom is 0.262 e. The van der Waals surface area contributed by atoms with Gasteiger partial charge in [0.1, 0.15) is 0 Å². The first-order valence-electron chi connectivity index (χ1n) is 7.96. The Labute approximate surface area is 142 Å². The normalized spacial score (nSPS) is 26.7. The fourth-order valence-electron chi connectivity index (χ4n) is 2.99. The zero-order chi connectivity index (χ0) is 16.3. The Bertz CT molecular complexity index is 435. The largest absolute Gasteiger partial charge is 0.356 e. The van der Waals surface area contributed by atoms with Crippen LogP contribution in [0.25, 0.3) is 0 Å². The van der Waals surface area contributed by atoms with Gasteiger partial charge in [-0.25, -0.2) is 8.78 Å². The molecule has 0 aliphatic carbocycles. The van der Waals surface area contributed by atoms with Crippen molar-refractivity contribution in [1.29, 1.82) is 0 Å². The highest BCUT2D eigenvalue weighted by molar-refractivity contribution is 5.85. The van der Waals surface area contributed by atoms with Crippen molar-refractivity contribution in [2.75, 3.05) is 26.2 Å². The highest BCUT2D eigenvalue weighted by atomic mass is 35.5. The van der Waals surface area contributed by atoms with Gasteiger partial charge in [-0.1, -0.05) is 13.8 Å². The van der Waals surface area contributed by atoms with E-state index in [9.17, 15) is 18.4 Å². The van der Waals surface area contributed by atoms with Crippen LogP contribution in [0.3, 0.4) is 0 Å². The second kappa shape index (κ2) is 8.24. The molecule has 0 aromatic rings. The lowest BCUT2D eigenvalue weighted by molar-refractivity contribution is -0.135. The second-order valence-electron chi connectivity index (χ2n) is 6.69. The number of rotatable bonds is 4. The maximum atomic E-state index is 13.2. The summed E-state index contributed by atoms with van der Waals surface area (Å²) < 4.78 is 26.4. The van der Waals surface area contributed by atoms with Gasteiger partial charge in [-0.05, 0) is 18.8 Å². The minimum atomic E-state index is -2.79. The molecule has 0 aromatic carbocycles. The number of nitrogens with one attached hydrogen (secondary N) is 2. The molecule has 2 aliphatic heterocycles. The number of hydrogen-bond donors (Lipinski definition) is 2. The van der Waals surface area contributed by atoms with Crippen LogP contribution in [0.4, 0.5) is 8.78 Å². The first-order valence-corrected chi connectivity index (χ1v) is 7.96. The van der Waals surface area contributed by atoms with Crippen molar-refractivity contribution in [3.05, 3.63) is 0 Å². The number of amides is 2. The molecule has 0 aromatic heterocycles. The fourth-order valence-corrected chi connectivity index (χ4v) is 2.99. The summed E-state index contributed by atoms with van der Waals surface area (Å²) in [5, 5.41) is 5.49. The van der Waals surface area contributed by atoms with Crippen molar-refractivity contribution in [3.63, 3.8) is 0 Å². The lowest BCUT2D eigenvalue weighted by Gasteiger charge is -2.34. The number of alkyl halides is 2. The number of piperidine rings is 1. The minimum Gasteiger partial charge on any atom is -0.356 e. The third-order valence-electron chi connectivity index (χ3n) is 4.33. The molecule has 0 spiro atoms. The SMILES string of the molecule is CC(C)C(=O)NCC1CCCN(C(=O)C2CC(F)(F)CN2)C1.Cl. The molecule has 2 saturated heterocycles. The average Bonchev–Trinajstić information content (AvgIpc) is 2.84. The molecular formula is C15H26ClF2N3O2. The predicted octanol–water partition coefficient (Wildman–Crippen LogP) is 1.42. The fraction of sp³-hybridized carbons (Fsp3) is 0.867. The van der Waals surface area contributed by atoms with Gasteiger partial charge in [-0.2, -0.15) is 0 Å². The Balaban J connectivity index is 0.00000264. The van der Waals surface area contributed by atoms with E-state index < -0.39 is 24.9 Å². The molecular weight excluding hydrogens is 328 g/mol. The lowest BCUT2D eigenvalue weighted by Crippen LogP contribution is -2.49. The third-order valence-corrected chi connectivity index (χ3v) is 4.33. The van der Waals surface area contributed by atoms with Crippen molar-refractivity contribution in [3.8, 4) is 0 Å². The number of likely N-dealkylation sites (tertiary alicyclic amines) is 1. The molecule has 8 heteroatoms. The van der Waals surface area contributed by atoms with Gasteiger partial charge in [0.25, 0.3) is 5.92 Å². The highest BCUT2D eigenvalue weighted by Crippen LogP contribution is 2.27. The molecule has 2 rings (SSSR count). The topological polar surface area (TPSA) is 61.4 Å². The molecule has 2 amide bonds. The number of nitrogens with zero attached hydrogens (tertiary/aromatic N) is 1. The molecule has 0 saturated carbocycles. The van der Waals surface area contributed by atoms with E-state index in [1.807, 2.05) is 13.8 Å². The summed E-state index contributed by atoms with van der Waals surface area (Å²) in [5.41, 5.74) is 0. The van der Waals surface area contributed by atoms with E-state index in [-0.39, 0.29) is 36.1 Å². The van der Waals surface area contributed by atoms with E-state index in [0.29, 0.717) is 19.6 Å². The van der Waals surface area contributed by atoms with E-state index in [0.717, 1.165) is 12.8 Å². The van der Waals surface area contributed by atoms with Crippen molar-refractivity contribution in [2.45, 2.75) is 45.1 Å².